The highest BCUT2D eigenvalue weighted by Crippen LogP contribution is 2.38. The van der Waals surface area contributed by atoms with E-state index in [0.717, 1.165) is 47.4 Å². The number of Topliss-reactive ketones (excluding diaryl/α,β-unsaturated/α-hetero) is 1. The number of nitrogens with zero attached hydrogens (tertiary/aromatic N) is 2. The molecular weight excluding hydrogens is 352 g/mol. The van der Waals surface area contributed by atoms with E-state index in [4.69, 9.17) is 4.74 Å². The van der Waals surface area contributed by atoms with Crippen molar-refractivity contribution in [2.24, 2.45) is 7.05 Å². The van der Waals surface area contributed by atoms with Gasteiger partial charge in [0, 0.05) is 35.8 Å². The van der Waals surface area contributed by atoms with Crippen LogP contribution in [0.5, 0.6) is 5.75 Å². The van der Waals surface area contributed by atoms with Gasteiger partial charge < -0.3 is 14.4 Å². The third-order valence-electron chi connectivity index (χ3n) is 5.97. The lowest BCUT2D eigenvalue weighted by molar-refractivity contribution is 0.0953. The first-order chi connectivity index (χ1) is 13.6. The van der Waals surface area contributed by atoms with Crippen molar-refractivity contribution in [1.29, 1.82) is 0 Å². The second-order valence-electron chi connectivity index (χ2n) is 7.80. The number of rotatable bonds is 5. The monoisotopic (exact) mass is 376 g/mol. The maximum absolute atomic E-state index is 13.1. The smallest absolute Gasteiger partial charge is 0.196 e. The number of ketones is 1. The van der Waals surface area contributed by atoms with Crippen LogP contribution in [-0.4, -0.2) is 46.2 Å². The number of likely N-dealkylation sites (tertiary alicyclic amines) is 1. The summed E-state index contributed by atoms with van der Waals surface area (Å²) in [5.74, 6) is 0.231. The van der Waals surface area contributed by atoms with E-state index in [2.05, 4.69) is 9.47 Å². The molecule has 0 radical (unpaired) electrons. The third kappa shape index (κ3) is 2.91. The van der Waals surface area contributed by atoms with Gasteiger partial charge in [0.25, 0.3) is 0 Å². The Balaban J connectivity index is 1.69. The van der Waals surface area contributed by atoms with Crippen molar-refractivity contribution in [2.45, 2.75) is 25.5 Å². The average molecular weight is 376 g/mol. The van der Waals surface area contributed by atoms with Gasteiger partial charge in [0.2, 0.25) is 0 Å². The Morgan fingerprint density at radius 1 is 1.18 bits per heavy atom. The zero-order chi connectivity index (χ0) is 19.3. The molecule has 3 aromatic rings. The van der Waals surface area contributed by atoms with E-state index in [0.29, 0.717) is 12.2 Å². The van der Waals surface area contributed by atoms with Gasteiger partial charge in [0.15, 0.2) is 5.78 Å². The normalized spacial score (nSPS) is 19.4. The molecule has 3 heterocycles. The average Bonchev–Trinajstić information content (AvgIpc) is 3.38. The molecule has 2 aliphatic heterocycles. The predicted octanol–water partition coefficient (Wildman–Crippen LogP) is 3.73. The van der Waals surface area contributed by atoms with Crippen LogP contribution in [0.1, 0.15) is 28.9 Å². The number of carbonyl (C=O) groups is 1. The number of phenols is 1. The molecule has 1 aromatic heterocycles. The zero-order valence-electron chi connectivity index (χ0n) is 16.0. The second kappa shape index (κ2) is 6.76. The van der Waals surface area contributed by atoms with Crippen molar-refractivity contribution in [3.63, 3.8) is 0 Å². The molecule has 144 valence electrons. The van der Waals surface area contributed by atoms with Crippen LogP contribution in [0.25, 0.3) is 22.0 Å². The number of aromatic nitrogens is 1. The molecule has 5 nitrogen and oxygen atoms in total. The number of phenolic OH excluding ortho intramolecular Hbond substituents is 1. The molecule has 0 aliphatic carbocycles. The summed E-state index contributed by atoms with van der Waals surface area (Å²) in [5, 5.41) is 11.6. The van der Waals surface area contributed by atoms with E-state index >= 15 is 0 Å². The Bertz CT molecular complexity index is 1040. The van der Waals surface area contributed by atoms with Crippen molar-refractivity contribution in [2.75, 3.05) is 19.7 Å². The minimum atomic E-state index is -0.334. The van der Waals surface area contributed by atoms with Gasteiger partial charge in [-0.25, -0.2) is 0 Å². The molecule has 1 atom stereocenters. The van der Waals surface area contributed by atoms with Crippen LogP contribution in [0.4, 0.5) is 0 Å². The maximum Gasteiger partial charge on any atom is 0.196 e. The summed E-state index contributed by atoms with van der Waals surface area (Å²) in [6.07, 6.45) is 2.08. The summed E-state index contributed by atoms with van der Waals surface area (Å²) in [6.45, 7) is 3.37. The van der Waals surface area contributed by atoms with Crippen molar-refractivity contribution < 1.29 is 14.6 Å². The molecule has 0 spiro atoms. The van der Waals surface area contributed by atoms with E-state index in [9.17, 15) is 9.90 Å². The highest BCUT2D eigenvalue weighted by atomic mass is 16.6. The van der Waals surface area contributed by atoms with E-state index < -0.39 is 0 Å². The largest absolute Gasteiger partial charge is 0.507 e. The molecule has 2 aliphatic rings. The molecule has 2 fully saturated rings. The van der Waals surface area contributed by atoms with Crippen LogP contribution >= 0.6 is 0 Å². The standard InChI is InChI=1S/C23H24N2O3/c1-24-18-11-16(15-7-3-2-4-8-15)20(26)12-17(18)22(23(27)21-14-28-21)19(24)13-25-9-5-6-10-25/h2-4,7-8,11-12,21,26H,5-6,9-10,13-14H2,1H3. The number of epoxide rings is 1. The topological polar surface area (TPSA) is 58.0 Å². The Hall–Kier alpha value is -2.63. The van der Waals surface area contributed by atoms with Gasteiger partial charge in [-0.2, -0.15) is 0 Å². The molecule has 28 heavy (non-hydrogen) atoms. The Labute approximate surface area is 164 Å². The summed E-state index contributed by atoms with van der Waals surface area (Å²) >= 11 is 0. The number of aromatic hydroxyl groups is 1. The molecule has 1 unspecified atom stereocenters. The van der Waals surface area contributed by atoms with Crippen LogP contribution in [0, 0.1) is 0 Å². The van der Waals surface area contributed by atoms with Crippen molar-refractivity contribution in [3.05, 3.63) is 53.7 Å². The van der Waals surface area contributed by atoms with Crippen LogP contribution < -0.4 is 0 Å². The molecule has 0 amide bonds. The minimum Gasteiger partial charge on any atom is -0.507 e. The van der Waals surface area contributed by atoms with E-state index in [1.54, 1.807) is 6.07 Å². The van der Waals surface area contributed by atoms with Gasteiger partial charge >= 0.3 is 0 Å². The van der Waals surface area contributed by atoms with Gasteiger partial charge in [-0.3, -0.25) is 9.69 Å². The first-order valence-electron chi connectivity index (χ1n) is 9.91. The summed E-state index contributed by atoms with van der Waals surface area (Å²) in [4.78, 5) is 15.5. The fourth-order valence-corrected chi connectivity index (χ4v) is 4.35. The van der Waals surface area contributed by atoms with E-state index in [1.807, 2.05) is 43.4 Å². The number of benzene rings is 2. The molecule has 1 N–H and O–H groups in total. The van der Waals surface area contributed by atoms with Crippen LogP contribution in [0.2, 0.25) is 0 Å². The minimum absolute atomic E-state index is 0.0339. The quantitative estimate of drug-likeness (QED) is 0.545. The van der Waals surface area contributed by atoms with Gasteiger partial charge in [0.05, 0.1) is 12.2 Å². The Morgan fingerprint density at radius 3 is 2.57 bits per heavy atom. The molecule has 0 bridgehead atoms. The van der Waals surface area contributed by atoms with Crippen molar-refractivity contribution >= 4 is 16.7 Å². The lowest BCUT2D eigenvalue weighted by atomic mass is 9.99. The molecule has 2 saturated heterocycles. The number of hydrogen-bond donors (Lipinski definition) is 1. The van der Waals surface area contributed by atoms with Gasteiger partial charge in [0.1, 0.15) is 11.9 Å². The van der Waals surface area contributed by atoms with Crippen molar-refractivity contribution in [1.82, 2.24) is 9.47 Å². The fraction of sp³-hybridized carbons (Fsp3) is 0.348. The van der Waals surface area contributed by atoms with E-state index in [-0.39, 0.29) is 17.6 Å². The number of aryl methyl sites for hydroxylation is 1. The summed E-state index contributed by atoms with van der Waals surface area (Å²) in [7, 11) is 2.02. The molecule has 2 aromatic carbocycles. The number of hydrogen-bond acceptors (Lipinski definition) is 4. The Morgan fingerprint density at radius 2 is 1.89 bits per heavy atom. The van der Waals surface area contributed by atoms with Crippen LogP contribution in [0.3, 0.4) is 0 Å². The zero-order valence-corrected chi connectivity index (χ0v) is 16.0. The third-order valence-corrected chi connectivity index (χ3v) is 5.97. The van der Waals surface area contributed by atoms with Crippen LogP contribution in [-0.2, 0) is 18.3 Å². The van der Waals surface area contributed by atoms with Crippen LogP contribution in [0.15, 0.2) is 42.5 Å². The molecule has 0 saturated carbocycles. The lowest BCUT2D eigenvalue weighted by Crippen LogP contribution is -2.22. The second-order valence-corrected chi connectivity index (χ2v) is 7.80. The van der Waals surface area contributed by atoms with Gasteiger partial charge in [-0.1, -0.05) is 30.3 Å². The van der Waals surface area contributed by atoms with E-state index in [1.165, 1.54) is 12.8 Å². The fourth-order valence-electron chi connectivity index (χ4n) is 4.35. The summed E-state index contributed by atoms with van der Waals surface area (Å²) < 4.78 is 7.42. The van der Waals surface area contributed by atoms with Crippen molar-refractivity contribution in [3.8, 4) is 16.9 Å². The number of ether oxygens (including phenoxy) is 1. The number of carbonyl (C=O) groups excluding carboxylic acids is 1. The number of fused-ring (bicyclic) bond motifs is 1. The SMILES string of the molecule is Cn1c(CN2CCCC2)c(C(=O)C2CO2)c2cc(O)c(-c3ccccc3)cc21. The highest BCUT2D eigenvalue weighted by Gasteiger charge is 2.36. The highest BCUT2D eigenvalue weighted by molar-refractivity contribution is 6.13. The Kier molecular flexibility index (Phi) is 4.22. The molecule has 5 rings (SSSR count). The lowest BCUT2D eigenvalue weighted by Gasteiger charge is -2.16. The summed E-state index contributed by atoms with van der Waals surface area (Å²) in [5.41, 5.74) is 4.43. The molecule has 5 heteroatoms. The molecular formula is C23H24N2O3. The van der Waals surface area contributed by atoms with Gasteiger partial charge in [-0.15, -0.1) is 0 Å². The summed E-state index contributed by atoms with van der Waals surface area (Å²) in [6, 6.07) is 13.6. The first-order valence-corrected chi connectivity index (χ1v) is 9.91. The van der Waals surface area contributed by atoms with Gasteiger partial charge in [-0.05, 0) is 43.6 Å². The predicted molar refractivity (Wildman–Crippen MR) is 109 cm³/mol. The first kappa shape index (κ1) is 17.5. The maximum atomic E-state index is 13.1.